The second kappa shape index (κ2) is 7.35. The molecular formula is C29H26N4O4. The van der Waals surface area contributed by atoms with Crippen LogP contribution >= 0.6 is 0 Å². The number of aryl methyl sites for hydroxylation is 2. The van der Waals surface area contributed by atoms with Gasteiger partial charge in [-0.3, -0.25) is 14.9 Å². The Kier molecular flexibility index (Phi) is 4.35. The summed E-state index contributed by atoms with van der Waals surface area (Å²) in [4.78, 5) is 42.0. The first-order chi connectivity index (χ1) is 17.7. The summed E-state index contributed by atoms with van der Waals surface area (Å²) in [6.45, 7) is 6.62. The van der Waals surface area contributed by atoms with Crippen LogP contribution in [-0.2, 0) is 24.2 Å². The van der Waals surface area contributed by atoms with Gasteiger partial charge in [-0.1, -0.05) is 30.3 Å². The maximum absolute atomic E-state index is 13.1. The van der Waals surface area contributed by atoms with Crippen LogP contribution in [0.2, 0.25) is 0 Å². The van der Waals surface area contributed by atoms with E-state index in [9.17, 15) is 14.4 Å². The number of ether oxygens (including phenoxy) is 1. The molecule has 2 aliphatic rings. The van der Waals surface area contributed by atoms with Gasteiger partial charge in [-0.2, -0.15) is 0 Å². The van der Waals surface area contributed by atoms with Crippen molar-refractivity contribution in [1.29, 1.82) is 0 Å². The number of para-hydroxylation sites is 1. The molecule has 0 saturated carbocycles. The molecule has 0 bridgehead atoms. The molecule has 5 aromatic rings. The lowest BCUT2D eigenvalue weighted by Crippen LogP contribution is -2.32. The quantitative estimate of drug-likeness (QED) is 0.290. The lowest BCUT2D eigenvalue weighted by atomic mass is 9.96. The minimum absolute atomic E-state index is 0.302. The van der Waals surface area contributed by atoms with Crippen LogP contribution in [0.25, 0.3) is 43.6 Å². The second-order valence-corrected chi connectivity index (χ2v) is 10.9. The molecule has 186 valence electrons. The van der Waals surface area contributed by atoms with Gasteiger partial charge >= 0.3 is 6.09 Å². The van der Waals surface area contributed by atoms with Crippen molar-refractivity contribution in [2.75, 3.05) is 0 Å². The molecular weight excluding hydrogens is 468 g/mol. The highest BCUT2D eigenvalue weighted by Crippen LogP contribution is 2.45. The molecule has 3 N–H and O–H groups in total. The number of imide groups is 1. The molecule has 0 fully saturated rings. The first kappa shape index (κ1) is 21.9. The molecule has 8 heteroatoms. The summed E-state index contributed by atoms with van der Waals surface area (Å²) in [5.74, 6) is -0.710. The Hall–Kier alpha value is -4.33. The molecule has 2 aromatic heterocycles. The van der Waals surface area contributed by atoms with Crippen molar-refractivity contribution in [1.82, 2.24) is 20.2 Å². The highest BCUT2D eigenvalue weighted by Gasteiger charge is 2.36. The van der Waals surface area contributed by atoms with Crippen molar-refractivity contribution in [3.8, 4) is 0 Å². The number of alkyl carbamates (subject to hydrolysis) is 1. The Morgan fingerprint density at radius 3 is 2.59 bits per heavy atom. The van der Waals surface area contributed by atoms with Gasteiger partial charge < -0.3 is 19.6 Å². The predicted molar refractivity (Wildman–Crippen MR) is 142 cm³/mol. The minimum Gasteiger partial charge on any atom is -0.444 e. The summed E-state index contributed by atoms with van der Waals surface area (Å²) < 4.78 is 7.66. The molecule has 0 spiro atoms. The number of nitrogens with one attached hydrogen (secondary N) is 3. The standard InChI is InChI=1S/C29H26N4O4/c1-29(2,3)37-28(36)30-13-14-9-10-16-18(12-14)31-23-19(16)21-22(27(35)32-26(21)34)20-17-8-4-6-15-7-5-11-33(24(15)17)25(20)23/h4,6,8-10,12,31H,5,7,11,13H2,1-3H3,(H,30,36)(H,32,34,35). The summed E-state index contributed by atoms with van der Waals surface area (Å²) in [5.41, 5.74) is 6.28. The maximum atomic E-state index is 13.1. The number of amides is 3. The molecule has 0 aliphatic carbocycles. The number of hydrogen-bond acceptors (Lipinski definition) is 4. The number of aromatic amines is 1. The zero-order chi connectivity index (χ0) is 25.6. The van der Waals surface area contributed by atoms with Gasteiger partial charge in [0.25, 0.3) is 11.8 Å². The fraction of sp³-hybridized carbons (Fsp3) is 0.276. The normalized spacial score (nSPS) is 15.1. The van der Waals surface area contributed by atoms with E-state index in [-0.39, 0.29) is 11.8 Å². The third-order valence-corrected chi connectivity index (χ3v) is 7.36. The summed E-state index contributed by atoms with van der Waals surface area (Å²) in [6.07, 6.45) is 1.53. The van der Waals surface area contributed by atoms with E-state index in [1.165, 1.54) is 5.56 Å². The van der Waals surface area contributed by atoms with Gasteiger partial charge in [0.15, 0.2) is 0 Å². The van der Waals surface area contributed by atoms with E-state index in [4.69, 9.17) is 4.74 Å². The molecule has 8 nitrogen and oxygen atoms in total. The lowest BCUT2D eigenvalue weighted by Gasteiger charge is -2.19. The number of carbonyl (C=O) groups is 3. The monoisotopic (exact) mass is 494 g/mol. The van der Waals surface area contributed by atoms with Crippen LogP contribution in [0.4, 0.5) is 4.79 Å². The van der Waals surface area contributed by atoms with Gasteiger partial charge in [-0.25, -0.2) is 4.79 Å². The molecule has 3 amide bonds. The predicted octanol–water partition coefficient (Wildman–Crippen LogP) is 5.28. The van der Waals surface area contributed by atoms with E-state index >= 15 is 0 Å². The number of aromatic nitrogens is 2. The summed E-state index contributed by atoms with van der Waals surface area (Å²) in [5, 5.41) is 8.82. The van der Waals surface area contributed by atoms with Crippen LogP contribution in [0.1, 0.15) is 59.0 Å². The van der Waals surface area contributed by atoms with Crippen LogP contribution in [0.3, 0.4) is 0 Å². The van der Waals surface area contributed by atoms with Crippen LogP contribution in [0.5, 0.6) is 0 Å². The molecule has 2 aliphatic heterocycles. The molecule has 7 rings (SSSR count). The largest absolute Gasteiger partial charge is 0.444 e. The minimum atomic E-state index is -0.574. The van der Waals surface area contributed by atoms with Gasteiger partial charge in [0, 0.05) is 40.2 Å². The number of hydrogen-bond donors (Lipinski definition) is 3. The van der Waals surface area contributed by atoms with Crippen LogP contribution in [0.15, 0.2) is 36.4 Å². The molecule has 0 unspecified atom stereocenters. The summed E-state index contributed by atoms with van der Waals surface area (Å²) in [6, 6.07) is 12.1. The smallest absolute Gasteiger partial charge is 0.407 e. The Morgan fingerprint density at radius 2 is 1.81 bits per heavy atom. The molecule has 4 heterocycles. The average Bonchev–Trinajstić information content (AvgIpc) is 3.47. The van der Waals surface area contributed by atoms with Crippen LogP contribution in [-0.4, -0.2) is 33.1 Å². The topological polar surface area (TPSA) is 105 Å². The first-order valence-corrected chi connectivity index (χ1v) is 12.6. The van der Waals surface area contributed by atoms with Crippen molar-refractivity contribution >= 4 is 61.5 Å². The Bertz CT molecular complexity index is 1850. The van der Waals surface area contributed by atoms with Crippen molar-refractivity contribution < 1.29 is 19.1 Å². The molecule has 0 atom stereocenters. The lowest BCUT2D eigenvalue weighted by molar-refractivity contribution is 0.0523. The SMILES string of the molecule is CC(C)(C)OC(=O)NCc1ccc2c(c1)[nH]c1c2c2c(c3c4cccc5c4n(c13)CCC5)C(=O)NC2=O. The van der Waals surface area contributed by atoms with Gasteiger partial charge in [0.05, 0.1) is 27.7 Å². The van der Waals surface area contributed by atoms with E-state index in [0.29, 0.717) is 17.7 Å². The van der Waals surface area contributed by atoms with Crippen molar-refractivity contribution in [3.63, 3.8) is 0 Å². The van der Waals surface area contributed by atoms with Crippen LogP contribution < -0.4 is 10.6 Å². The Morgan fingerprint density at radius 1 is 1.03 bits per heavy atom. The average molecular weight is 495 g/mol. The second-order valence-electron chi connectivity index (χ2n) is 10.9. The van der Waals surface area contributed by atoms with E-state index in [2.05, 4.69) is 26.3 Å². The fourth-order valence-electron chi connectivity index (χ4n) is 6.06. The van der Waals surface area contributed by atoms with Crippen molar-refractivity contribution in [3.05, 3.63) is 58.7 Å². The number of H-pyrrole nitrogens is 1. The van der Waals surface area contributed by atoms with E-state index in [1.807, 2.05) is 51.1 Å². The maximum Gasteiger partial charge on any atom is 0.407 e. The van der Waals surface area contributed by atoms with Gasteiger partial charge in [-0.15, -0.1) is 0 Å². The van der Waals surface area contributed by atoms with Gasteiger partial charge in [0.2, 0.25) is 0 Å². The summed E-state index contributed by atoms with van der Waals surface area (Å²) >= 11 is 0. The van der Waals surface area contributed by atoms with Gasteiger partial charge in [0.1, 0.15) is 5.60 Å². The number of carbonyl (C=O) groups excluding carboxylic acids is 3. The number of fused-ring (bicyclic) bond motifs is 10. The van der Waals surface area contributed by atoms with Crippen molar-refractivity contribution in [2.45, 2.75) is 52.3 Å². The highest BCUT2D eigenvalue weighted by molar-refractivity contribution is 6.39. The zero-order valence-corrected chi connectivity index (χ0v) is 20.9. The van der Waals surface area contributed by atoms with E-state index in [1.54, 1.807) is 0 Å². The zero-order valence-electron chi connectivity index (χ0n) is 20.9. The van der Waals surface area contributed by atoms with E-state index < -0.39 is 11.7 Å². The Balaban J connectivity index is 1.48. The van der Waals surface area contributed by atoms with Gasteiger partial charge in [-0.05, 0) is 50.8 Å². The van der Waals surface area contributed by atoms with Crippen LogP contribution in [0, 0.1) is 0 Å². The number of nitrogens with zero attached hydrogens (tertiary/aromatic N) is 1. The highest BCUT2D eigenvalue weighted by atomic mass is 16.6. The number of benzene rings is 3. The first-order valence-electron chi connectivity index (χ1n) is 12.6. The fourth-order valence-corrected chi connectivity index (χ4v) is 6.06. The Labute approximate surface area is 211 Å². The van der Waals surface area contributed by atoms with E-state index in [0.717, 1.165) is 68.6 Å². The summed E-state index contributed by atoms with van der Waals surface area (Å²) in [7, 11) is 0. The third kappa shape index (κ3) is 3.11. The molecule has 0 radical (unpaired) electrons. The van der Waals surface area contributed by atoms with Crippen molar-refractivity contribution in [2.24, 2.45) is 0 Å². The molecule has 3 aromatic carbocycles. The number of rotatable bonds is 2. The molecule has 0 saturated heterocycles. The molecule has 37 heavy (non-hydrogen) atoms. The third-order valence-electron chi connectivity index (χ3n) is 7.36.